The summed E-state index contributed by atoms with van der Waals surface area (Å²) in [6, 6.07) is 8.41. The lowest BCUT2D eigenvalue weighted by atomic mass is 9.62. The van der Waals surface area contributed by atoms with Gasteiger partial charge in [0, 0.05) is 0 Å². The number of carbonyl (C=O) groups excluding carboxylic acids is 2. The molecule has 0 aromatic heterocycles. The summed E-state index contributed by atoms with van der Waals surface area (Å²) in [6.45, 7) is 6.49. The highest BCUT2D eigenvalue weighted by molar-refractivity contribution is 6.01. The maximum atomic E-state index is 12.7. The molecule has 0 heterocycles. The van der Waals surface area contributed by atoms with Crippen molar-refractivity contribution in [3.8, 4) is 0 Å². The summed E-state index contributed by atoms with van der Waals surface area (Å²) in [4.78, 5) is 25.4. The molecule has 0 amide bonds. The normalized spacial score (nSPS) is 24.5. The maximum absolute atomic E-state index is 12.7. The molecule has 0 aliphatic heterocycles. The third-order valence-corrected chi connectivity index (χ3v) is 6.56. The fourth-order valence-corrected chi connectivity index (χ4v) is 5.09. The van der Waals surface area contributed by atoms with Crippen LogP contribution in [-0.2, 0) is 24.5 Å². The second-order valence-electron chi connectivity index (χ2n) is 8.54. The zero-order valence-corrected chi connectivity index (χ0v) is 17.5. The van der Waals surface area contributed by atoms with Crippen molar-refractivity contribution in [3.05, 3.63) is 52.6 Å². The van der Waals surface area contributed by atoms with Gasteiger partial charge in [-0.2, -0.15) is 0 Å². The summed E-state index contributed by atoms with van der Waals surface area (Å²) in [6.07, 6.45) is 7.13. The van der Waals surface area contributed by atoms with Gasteiger partial charge in [0.25, 0.3) is 0 Å². The minimum absolute atomic E-state index is 0.103. The van der Waals surface area contributed by atoms with Gasteiger partial charge in [-0.05, 0) is 62.0 Å². The van der Waals surface area contributed by atoms with Crippen LogP contribution < -0.4 is 0 Å². The Kier molecular flexibility index (Phi) is 5.51. The van der Waals surface area contributed by atoms with E-state index in [1.54, 1.807) is 0 Å². The molecule has 0 saturated heterocycles. The average molecular weight is 383 g/mol. The molecule has 0 spiro atoms. The van der Waals surface area contributed by atoms with Crippen LogP contribution in [0.5, 0.6) is 0 Å². The Bertz CT molecular complexity index is 828. The molecule has 4 heteroatoms. The highest BCUT2D eigenvalue weighted by Crippen LogP contribution is 2.58. The van der Waals surface area contributed by atoms with E-state index < -0.39 is 17.4 Å². The Hall–Kier alpha value is -2.36. The molecule has 1 saturated carbocycles. The number of hydrogen-bond donors (Lipinski definition) is 0. The van der Waals surface area contributed by atoms with Crippen LogP contribution in [0.3, 0.4) is 0 Å². The Morgan fingerprint density at radius 1 is 1.14 bits per heavy atom. The summed E-state index contributed by atoms with van der Waals surface area (Å²) in [7, 11) is 2.68. The quantitative estimate of drug-likeness (QED) is 0.416. The standard InChI is InChI=1S/C24H30O4/c1-16(2)9-8-12-23(3)19-11-7-6-10-17(19)13-18-14-24(15-20(18)23,21(25)27-4)22(26)28-5/h6-7,9-11,13,20H,8,12,14-15H2,1-5H3/t20-,23-/m0/s1. The first kappa shape index (κ1) is 20.4. The first-order chi connectivity index (χ1) is 13.3. The van der Waals surface area contributed by atoms with Crippen LogP contribution >= 0.6 is 0 Å². The average Bonchev–Trinajstić information content (AvgIpc) is 3.08. The lowest BCUT2D eigenvalue weighted by Gasteiger charge is -2.41. The number of allylic oxidation sites excluding steroid dienone is 3. The van der Waals surface area contributed by atoms with Gasteiger partial charge in [-0.1, -0.05) is 54.5 Å². The lowest BCUT2D eigenvalue weighted by Crippen LogP contribution is -2.41. The van der Waals surface area contributed by atoms with Gasteiger partial charge in [0.1, 0.15) is 0 Å². The molecular weight excluding hydrogens is 352 g/mol. The Labute approximate surface area is 167 Å². The largest absolute Gasteiger partial charge is 0.468 e. The number of benzene rings is 1. The minimum Gasteiger partial charge on any atom is -0.468 e. The van der Waals surface area contributed by atoms with Crippen LogP contribution in [0.1, 0.15) is 57.6 Å². The van der Waals surface area contributed by atoms with Crippen LogP contribution in [0.4, 0.5) is 0 Å². The molecule has 0 unspecified atom stereocenters. The molecule has 1 aromatic rings. The van der Waals surface area contributed by atoms with E-state index in [2.05, 4.69) is 51.1 Å². The van der Waals surface area contributed by atoms with Gasteiger partial charge in [-0.25, -0.2) is 0 Å². The van der Waals surface area contributed by atoms with Crippen LogP contribution in [0, 0.1) is 11.3 Å². The number of hydrogen-bond acceptors (Lipinski definition) is 4. The summed E-state index contributed by atoms with van der Waals surface area (Å²) in [5, 5.41) is 0. The topological polar surface area (TPSA) is 52.6 Å². The summed E-state index contributed by atoms with van der Waals surface area (Å²) in [5.41, 5.74) is 3.51. The van der Waals surface area contributed by atoms with E-state index >= 15 is 0 Å². The first-order valence-electron chi connectivity index (χ1n) is 9.88. The smallest absolute Gasteiger partial charge is 0.323 e. The fourth-order valence-electron chi connectivity index (χ4n) is 5.09. The van der Waals surface area contributed by atoms with Crippen molar-refractivity contribution in [2.24, 2.45) is 11.3 Å². The predicted molar refractivity (Wildman–Crippen MR) is 110 cm³/mol. The lowest BCUT2D eigenvalue weighted by molar-refractivity contribution is -0.168. The zero-order valence-electron chi connectivity index (χ0n) is 17.5. The van der Waals surface area contributed by atoms with E-state index in [1.807, 2.05) is 6.07 Å². The SMILES string of the molecule is COC(=O)C1(C(=O)OC)CC2=Cc3ccccc3[C@](C)(CCC=C(C)C)[C@H]2C1. The van der Waals surface area contributed by atoms with Crippen LogP contribution in [-0.4, -0.2) is 26.2 Å². The van der Waals surface area contributed by atoms with E-state index in [0.717, 1.165) is 18.4 Å². The van der Waals surface area contributed by atoms with Crippen molar-refractivity contribution in [2.45, 2.75) is 51.9 Å². The minimum atomic E-state index is -1.25. The third-order valence-electron chi connectivity index (χ3n) is 6.56. The molecule has 2 atom stereocenters. The molecule has 0 radical (unpaired) electrons. The summed E-state index contributed by atoms with van der Waals surface area (Å²) < 4.78 is 10.1. The highest BCUT2D eigenvalue weighted by Gasteiger charge is 2.59. The molecule has 2 aliphatic carbocycles. The number of carbonyl (C=O) groups is 2. The second-order valence-corrected chi connectivity index (χ2v) is 8.54. The van der Waals surface area contributed by atoms with E-state index in [0.29, 0.717) is 12.8 Å². The number of rotatable bonds is 5. The number of methoxy groups -OCH3 is 2. The van der Waals surface area contributed by atoms with Crippen LogP contribution in [0.15, 0.2) is 41.5 Å². The van der Waals surface area contributed by atoms with Crippen molar-refractivity contribution < 1.29 is 19.1 Å². The number of fused-ring (bicyclic) bond motifs is 2. The number of esters is 2. The van der Waals surface area contributed by atoms with Crippen LogP contribution in [0.25, 0.3) is 6.08 Å². The molecule has 150 valence electrons. The second kappa shape index (κ2) is 7.57. The van der Waals surface area contributed by atoms with Gasteiger partial charge < -0.3 is 9.47 Å². The maximum Gasteiger partial charge on any atom is 0.323 e. The van der Waals surface area contributed by atoms with E-state index in [4.69, 9.17) is 9.47 Å². The van der Waals surface area contributed by atoms with Gasteiger partial charge in [0.05, 0.1) is 14.2 Å². The van der Waals surface area contributed by atoms with Crippen molar-refractivity contribution >= 4 is 18.0 Å². The molecule has 1 aromatic carbocycles. The third kappa shape index (κ3) is 3.19. The zero-order chi connectivity index (χ0) is 20.5. The van der Waals surface area contributed by atoms with Crippen molar-refractivity contribution in [2.75, 3.05) is 14.2 Å². The monoisotopic (exact) mass is 382 g/mol. The molecule has 1 fully saturated rings. The molecular formula is C24H30O4. The van der Waals surface area contributed by atoms with E-state index in [1.165, 1.54) is 30.9 Å². The Balaban J connectivity index is 2.08. The van der Waals surface area contributed by atoms with Gasteiger partial charge in [0.2, 0.25) is 0 Å². The van der Waals surface area contributed by atoms with Gasteiger partial charge in [-0.3, -0.25) is 9.59 Å². The van der Waals surface area contributed by atoms with E-state index in [9.17, 15) is 9.59 Å². The number of ether oxygens (including phenoxy) is 2. The van der Waals surface area contributed by atoms with Gasteiger partial charge in [-0.15, -0.1) is 0 Å². The Morgan fingerprint density at radius 2 is 1.79 bits per heavy atom. The van der Waals surface area contributed by atoms with Crippen LogP contribution in [0.2, 0.25) is 0 Å². The summed E-state index contributed by atoms with van der Waals surface area (Å²) in [5.74, 6) is -0.887. The van der Waals surface area contributed by atoms with Crippen molar-refractivity contribution in [3.63, 3.8) is 0 Å². The summed E-state index contributed by atoms with van der Waals surface area (Å²) >= 11 is 0. The Morgan fingerprint density at radius 3 is 2.39 bits per heavy atom. The molecule has 4 nitrogen and oxygen atoms in total. The molecule has 3 rings (SSSR count). The molecule has 28 heavy (non-hydrogen) atoms. The van der Waals surface area contributed by atoms with Crippen molar-refractivity contribution in [1.82, 2.24) is 0 Å². The first-order valence-corrected chi connectivity index (χ1v) is 9.88. The van der Waals surface area contributed by atoms with Crippen molar-refractivity contribution in [1.29, 1.82) is 0 Å². The van der Waals surface area contributed by atoms with E-state index in [-0.39, 0.29) is 11.3 Å². The van der Waals surface area contributed by atoms with Gasteiger partial charge in [0.15, 0.2) is 5.41 Å². The predicted octanol–water partition coefficient (Wildman–Crippen LogP) is 4.83. The molecule has 2 aliphatic rings. The van der Waals surface area contributed by atoms with Gasteiger partial charge >= 0.3 is 11.9 Å². The highest BCUT2D eigenvalue weighted by atomic mass is 16.5. The molecule has 0 bridgehead atoms. The fraction of sp³-hybridized carbons (Fsp3) is 0.500. The molecule has 0 N–H and O–H groups in total.